The third-order valence-corrected chi connectivity index (χ3v) is 18.0. The quantitative estimate of drug-likeness (QED) is 0.671. The summed E-state index contributed by atoms with van der Waals surface area (Å²) in [5.74, 6) is 0. The molecule has 0 aromatic heterocycles. The SMILES string of the molecule is C[CH2][Ge]([CH2]C)([CH2]C)[C](C)(C)C#N. The molecule has 0 aliphatic heterocycles. The molecule has 1 nitrogen and oxygen atoms in total. The van der Waals surface area contributed by atoms with Crippen molar-refractivity contribution in [1.29, 1.82) is 5.26 Å². The molecule has 0 rings (SSSR count). The number of rotatable bonds is 4. The molecular formula is C10H21GeN. The maximum absolute atomic E-state index is 9.12. The zero-order valence-electron chi connectivity index (χ0n) is 9.07. The van der Waals surface area contributed by atoms with E-state index in [1.807, 2.05) is 0 Å². The van der Waals surface area contributed by atoms with Crippen LogP contribution in [0.5, 0.6) is 0 Å². The zero-order chi connectivity index (χ0) is 9.83. The van der Waals surface area contributed by atoms with E-state index in [0.717, 1.165) is 0 Å². The van der Waals surface area contributed by atoms with Gasteiger partial charge in [-0.25, -0.2) is 0 Å². The molecule has 0 bridgehead atoms. The minimum absolute atomic E-state index is 0.00174. The Hall–Kier alpha value is 0.0329. The summed E-state index contributed by atoms with van der Waals surface area (Å²) >= 11 is -1.84. The second-order valence-electron chi connectivity index (χ2n) is 4.08. The van der Waals surface area contributed by atoms with Gasteiger partial charge in [-0.2, -0.15) is 0 Å². The van der Waals surface area contributed by atoms with Crippen molar-refractivity contribution in [2.45, 2.75) is 54.6 Å². The normalized spacial score (nSPS) is 12.7. The molecule has 0 fully saturated rings. The van der Waals surface area contributed by atoms with Crippen molar-refractivity contribution in [3.05, 3.63) is 0 Å². The molecule has 0 aromatic carbocycles. The zero-order valence-corrected chi connectivity index (χ0v) is 11.2. The summed E-state index contributed by atoms with van der Waals surface area (Å²) in [5, 5.41) is 13.0. The average molecular weight is 228 g/mol. The third kappa shape index (κ3) is 1.85. The predicted octanol–water partition coefficient (Wildman–Crippen LogP) is 3.80. The van der Waals surface area contributed by atoms with Crippen LogP contribution in [0.1, 0.15) is 34.6 Å². The van der Waals surface area contributed by atoms with Crippen LogP contribution in [0.25, 0.3) is 0 Å². The second-order valence-corrected chi connectivity index (χ2v) is 16.5. The van der Waals surface area contributed by atoms with Crippen molar-refractivity contribution < 1.29 is 0 Å². The van der Waals surface area contributed by atoms with Crippen molar-refractivity contribution >= 4 is 13.3 Å². The summed E-state index contributed by atoms with van der Waals surface area (Å²) in [6, 6.07) is 2.52. The minimum atomic E-state index is -1.84. The standard InChI is InChI=1S/C10H21GeN/c1-6-11(7-2,8-3)10(4,5)9-12/h6-8H2,1-5H3. The molecular weight excluding hydrogens is 207 g/mol. The van der Waals surface area contributed by atoms with Gasteiger partial charge in [0.1, 0.15) is 0 Å². The number of hydrogen-bond donors (Lipinski definition) is 0. The van der Waals surface area contributed by atoms with Gasteiger partial charge < -0.3 is 0 Å². The Morgan fingerprint density at radius 2 is 1.42 bits per heavy atom. The molecule has 12 heavy (non-hydrogen) atoms. The van der Waals surface area contributed by atoms with Crippen LogP contribution in [-0.2, 0) is 0 Å². The van der Waals surface area contributed by atoms with E-state index in [4.69, 9.17) is 5.26 Å². The molecule has 0 radical (unpaired) electrons. The topological polar surface area (TPSA) is 23.8 Å². The molecule has 0 amide bonds. The van der Waals surface area contributed by atoms with Crippen molar-refractivity contribution in [2.75, 3.05) is 0 Å². The molecule has 0 saturated carbocycles. The van der Waals surface area contributed by atoms with Crippen LogP contribution in [0.4, 0.5) is 0 Å². The van der Waals surface area contributed by atoms with Gasteiger partial charge in [0.25, 0.3) is 0 Å². The van der Waals surface area contributed by atoms with Crippen LogP contribution in [0.3, 0.4) is 0 Å². The summed E-state index contributed by atoms with van der Waals surface area (Å²) in [5.41, 5.74) is 0. The first-order valence-corrected chi connectivity index (χ1v) is 10.4. The first kappa shape index (κ1) is 12.0. The molecule has 2 heteroatoms. The Morgan fingerprint density at radius 1 is 1.08 bits per heavy atom. The molecule has 0 aromatic rings. The fourth-order valence-electron chi connectivity index (χ4n) is 2.19. The molecule has 0 aliphatic carbocycles. The molecule has 0 spiro atoms. The van der Waals surface area contributed by atoms with Crippen LogP contribution in [0, 0.1) is 11.3 Å². The van der Waals surface area contributed by atoms with Gasteiger partial charge in [0.15, 0.2) is 0 Å². The summed E-state index contributed by atoms with van der Waals surface area (Å²) in [4.78, 5) is 0. The fraction of sp³-hybridized carbons (Fsp3) is 0.900. The summed E-state index contributed by atoms with van der Waals surface area (Å²) in [6.07, 6.45) is 0. The van der Waals surface area contributed by atoms with Crippen LogP contribution in [0.2, 0.25) is 20.0 Å². The Bertz CT molecular complexity index is 167. The van der Waals surface area contributed by atoms with Gasteiger partial charge in [-0.1, -0.05) is 0 Å². The first-order chi connectivity index (χ1) is 5.49. The molecule has 0 unspecified atom stereocenters. The van der Waals surface area contributed by atoms with Gasteiger partial charge in [-0.05, 0) is 0 Å². The van der Waals surface area contributed by atoms with Gasteiger partial charge in [0.2, 0.25) is 0 Å². The van der Waals surface area contributed by atoms with E-state index in [-0.39, 0.29) is 4.25 Å². The van der Waals surface area contributed by atoms with Crippen molar-refractivity contribution in [2.24, 2.45) is 0 Å². The van der Waals surface area contributed by atoms with Crippen molar-refractivity contribution in [1.82, 2.24) is 0 Å². The van der Waals surface area contributed by atoms with Crippen LogP contribution in [0.15, 0.2) is 0 Å². The Kier molecular flexibility index (Phi) is 4.33. The number of nitrogens with zero attached hydrogens (tertiary/aromatic N) is 1. The molecule has 0 saturated heterocycles. The average Bonchev–Trinajstić information content (AvgIpc) is 2.08. The summed E-state index contributed by atoms with van der Waals surface area (Å²) < 4.78 is -0.00174. The second kappa shape index (κ2) is 4.32. The van der Waals surface area contributed by atoms with Gasteiger partial charge in [-0.3, -0.25) is 0 Å². The predicted molar refractivity (Wildman–Crippen MR) is 56.9 cm³/mol. The number of hydrogen-bond acceptors (Lipinski definition) is 1. The summed E-state index contributed by atoms with van der Waals surface area (Å²) in [6.45, 7) is 11.1. The molecule has 0 N–H and O–H groups in total. The third-order valence-electron chi connectivity index (χ3n) is 3.64. The Balaban J connectivity index is 4.85. The van der Waals surface area contributed by atoms with Crippen LogP contribution in [-0.4, -0.2) is 13.3 Å². The van der Waals surface area contributed by atoms with Gasteiger partial charge in [-0.15, -0.1) is 0 Å². The van der Waals surface area contributed by atoms with Crippen LogP contribution < -0.4 is 0 Å². The summed E-state index contributed by atoms with van der Waals surface area (Å²) in [7, 11) is 0. The van der Waals surface area contributed by atoms with Gasteiger partial charge >= 0.3 is 79.2 Å². The number of nitriles is 1. The van der Waals surface area contributed by atoms with Gasteiger partial charge in [0.05, 0.1) is 0 Å². The van der Waals surface area contributed by atoms with Crippen LogP contribution >= 0.6 is 0 Å². The van der Waals surface area contributed by atoms with E-state index in [9.17, 15) is 0 Å². The van der Waals surface area contributed by atoms with Gasteiger partial charge in [0, 0.05) is 0 Å². The van der Waals surface area contributed by atoms with Crippen molar-refractivity contribution in [3.8, 4) is 6.07 Å². The Morgan fingerprint density at radius 3 is 1.50 bits per heavy atom. The molecule has 0 atom stereocenters. The van der Waals surface area contributed by atoms with E-state index >= 15 is 0 Å². The molecule has 0 heterocycles. The van der Waals surface area contributed by atoms with E-state index in [2.05, 4.69) is 40.7 Å². The van der Waals surface area contributed by atoms with Crippen molar-refractivity contribution in [3.63, 3.8) is 0 Å². The first-order valence-electron chi connectivity index (χ1n) is 4.91. The molecule has 70 valence electrons. The maximum atomic E-state index is 9.12. The van der Waals surface area contributed by atoms with E-state index in [1.54, 1.807) is 0 Å². The van der Waals surface area contributed by atoms with E-state index in [0.29, 0.717) is 0 Å². The van der Waals surface area contributed by atoms with E-state index < -0.39 is 13.3 Å². The monoisotopic (exact) mass is 229 g/mol. The fourth-order valence-corrected chi connectivity index (χ4v) is 11.4. The Labute approximate surface area is 79.5 Å². The molecule has 0 aliphatic rings. The van der Waals surface area contributed by atoms with E-state index in [1.165, 1.54) is 15.8 Å².